The number of aromatic hydroxyl groups is 1. The maximum Gasteiger partial charge on any atom is 0.138 e. The second kappa shape index (κ2) is 7.19. The molecule has 0 spiro atoms. The molecule has 3 rings (SSSR count). The fourth-order valence-electron chi connectivity index (χ4n) is 2.67. The summed E-state index contributed by atoms with van der Waals surface area (Å²) in [7, 11) is 0. The van der Waals surface area contributed by atoms with E-state index in [1.54, 1.807) is 12.3 Å². The number of nitrogens with two attached hydrogens (primary N) is 1. The Hall–Kier alpha value is -3.47. The Morgan fingerprint density at radius 1 is 1.27 bits per heavy atom. The zero-order chi connectivity index (χ0) is 18.7. The number of hydrogen-bond donors (Lipinski definition) is 3. The molecule has 0 saturated carbocycles. The van der Waals surface area contributed by atoms with Crippen LogP contribution >= 0.6 is 0 Å². The zero-order valence-corrected chi connectivity index (χ0v) is 14.9. The van der Waals surface area contributed by atoms with Gasteiger partial charge in [-0.25, -0.2) is 4.98 Å². The number of aryl methyl sites for hydroxylation is 1. The number of rotatable bonds is 5. The maximum absolute atomic E-state index is 9.69. The molecule has 0 amide bonds. The molecule has 0 saturated heterocycles. The molecule has 132 valence electrons. The highest BCUT2D eigenvalue weighted by molar-refractivity contribution is 5.80. The van der Waals surface area contributed by atoms with Crippen LogP contribution in [-0.2, 0) is 0 Å². The van der Waals surface area contributed by atoms with E-state index >= 15 is 0 Å². The summed E-state index contributed by atoms with van der Waals surface area (Å²) >= 11 is 0. The molecule has 0 fully saturated rings. The molecular formula is C21H22N4O. The Morgan fingerprint density at radius 2 is 2.08 bits per heavy atom. The summed E-state index contributed by atoms with van der Waals surface area (Å²) in [6.07, 6.45) is 5.56. The van der Waals surface area contributed by atoms with Crippen LogP contribution in [0.25, 0.3) is 17.5 Å². The molecule has 3 aromatic rings. The molecule has 0 atom stereocenters. The highest BCUT2D eigenvalue weighted by atomic mass is 16.3. The number of benzene rings is 2. The van der Waals surface area contributed by atoms with E-state index in [4.69, 9.17) is 5.73 Å². The smallest absolute Gasteiger partial charge is 0.138 e. The van der Waals surface area contributed by atoms with E-state index in [0.29, 0.717) is 17.3 Å². The Labute approximate surface area is 153 Å². The highest BCUT2D eigenvalue weighted by Gasteiger charge is 2.07. The molecule has 0 aliphatic carbocycles. The second-order valence-electron chi connectivity index (χ2n) is 6.18. The number of nitrogens with one attached hydrogen (secondary N) is 1. The van der Waals surface area contributed by atoms with Crippen molar-refractivity contribution in [3.05, 3.63) is 78.4 Å². The third-order valence-corrected chi connectivity index (χ3v) is 4.13. The van der Waals surface area contributed by atoms with Gasteiger partial charge in [0.25, 0.3) is 0 Å². The van der Waals surface area contributed by atoms with Crippen LogP contribution in [0.3, 0.4) is 0 Å². The number of nitrogens with zero attached hydrogens (tertiary/aromatic N) is 2. The van der Waals surface area contributed by atoms with Gasteiger partial charge in [-0.1, -0.05) is 18.7 Å². The van der Waals surface area contributed by atoms with E-state index in [9.17, 15) is 5.11 Å². The first-order valence-corrected chi connectivity index (χ1v) is 8.27. The van der Waals surface area contributed by atoms with Gasteiger partial charge in [-0.05, 0) is 67.0 Å². The van der Waals surface area contributed by atoms with Crippen molar-refractivity contribution in [3.63, 3.8) is 0 Å². The number of nitrogen functional groups attached to an aromatic ring is 1. The molecule has 0 aliphatic rings. The third kappa shape index (κ3) is 3.78. The quantitative estimate of drug-likeness (QED) is 0.591. The first-order valence-electron chi connectivity index (χ1n) is 8.27. The van der Waals surface area contributed by atoms with E-state index in [1.165, 1.54) is 0 Å². The van der Waals surface area contributed by atoms with Crippen molar-refractivity contribution in [2.45, 2.75) is 13.8 Å². The minimum absolute atomic E-state index is 0.294. The Morgan fingerprint density at radius 3 is 2.81 bits per heavy atom. The van der Waals surface area contributed by atoms with Crippen LogP contribution in [0.5, 0.6) is 5.75 Å². The molecule has 0 aliphatic heterocycles. The number of phenols is 1. The van der Waals surface area contributed by atoms with Crippen molar-refractivity contribution >= 4 is 28.8 Å². The first-order chi connectivity index (χ1) is 12.4. The SMILES string of the molecule is C=C(Nc1cccc(N)c1)n1ccnc1/C=C(\C)c1ccc(O)c(C)c1. The summed E-state index contributed by atoms with van der Waals surface area (Å²) < 4.78 is 1.87. The monoisotopic (exact) mass is 346 g/mol. The Balaban J connectivity index is 1.85. The van der Waals surface area contributed by atoms with Crippen LogP contribution < -0.4 is 11.1 Å². The molecule has 0 unspecified atom stereocenters. The Kier molecular flexibility index (Phi) is 4.80. The van der Waals surface area contributed by atoms with Gasteiger partial charge >= 0.3 is 0 Å². The average Bonchev–Trinajstić information content (AvgIpc) is 3.05. The van der Waals surface area contributed by atoms with Gasteiger partial charge in [0.15, 0.2) is 0 Å². The summed E-state index contributed by atoms with van der Waals surface area (Å²) in [6, 6.07) is 13.0. The number of imidazole rings is 1. The number of anilines is 2. The molecule has 2 aromatic carbocycles. The molecule has 4 N–H and O–H groups in total. The van der Waals surface area contributed by atoms with Crippen molar-refractivity contribution in [3.8, 4) is 5.75 Å². The van der Waals surface area contributed by atoms with E-state index < -0.39 is 0 Å². The molecule has 1 aromatic heterocycles. The lowest BCUT2D eigenvalue weighted by Gasteiger charge is -2.13. The zero-order valence-electron chi connectivity index (χ0n) is 14.9. The fraction of sp³-hybridized carbons (Fsp3) is 0.0952. The second-order valence-corrected chi connectivity index (χ2v) is 6.18. The lowest BCUT2D eigenvalue weighted by atomic mass is 10.0. The van der Waals surface area contributed by atoms with Crippen LogP contribution in [0.15, 0.2) is 61.4 Å². The summed E-state index contributed by atoms with van der Waals surface area (Å²) in [4.78, 5) is 4.41. The molecule has 5 heteroatoms. The van der Waals surface area contributed by atoms with Crippen LogP contribution in [0.1, 0.15) is 23.9 Å². The molecule has 5 nitrogen and oxygen atoms in total. The lowest BCUT2D eigenvalue weighted by Crippen LogP contribution is -2.07. The standard InChI is InChI=1S/C21H22N4O/c1-14(17-7-8-20(26)15(2)11-17)12-21-23-9-10-25(21)16(3)24-19-6-4-5-18(22)13-19/h4-13,24,26H,3,22H2,1-2H3/b14-12+. The van der Waals surface area contributed by atoms with Crippen LogP contribution in [-0.4, -0.2) is 14.7 Å². The van der Waals surface area contributed by atoms with Gasteiger partial charge in [0.1, 0.15) is 17.4 Å². The normalized spacial score (nSPS) is 11.4. The topological polar surface area (TPSA) is 76.1 Å². The molecule has 0 bridgehead atoms. The van der Waals surface area contributed by atoms with E-state index in [-0.39, 0.29) is 0 Å². The first kappa shape index (κ1) is 17.4. The predicted molar refractivity (Wildman–Crippen MR) is 108 cm³/mol. The number of allylic oxidation sites excluding steroid dienone is 1. The summed E-state index contributed by atoms with van der Waals surface area (Å²) in [5.41, 5.74) is 10.3. The van der Waals surface area contributed by atoms with Gasteiger partial charge in [-0.3, -0.25) is 4.57 Å². The van der Waals surface area contributed by atoms with Gasteiger partial charge in [0, 0.05) is 23.8 Å². The number of hydrogen-bond acceptors (Lipinski definition) is 4. The summed E-state index contributed by atoms with van der Waals surface area (Å²) in [6.45, 7) is 7.99. The van der Waals surface area contributed by atoms with Crippen molar-refractivity contribution in [1.82, 2.24) is 9.55 Å². The van der Waals surface area contributed by atoms with Gasteiger partial charge in [-0.2, -0.15) is 0 Å². The Bertz CT molecular complexity index is 985. The maximum atomic E-state index is 9.69. The van der Waals surface area contributed by atoms with Crippen molar-refractivity contribution in [2.75, 3.05) is 11.1 Å². The minimum Gasteiger partial charge on any atom is -0.508 e. The lowest BCUT2D eigenvalue weighted by molar-refractivity contribution is 0.471. The van der Waals surface area contributed by atoms with Crippen LogP contribution in [0.4, 0.5) is 11.4 Å². The summed E-state index contributed by atoms with van der Waals surface area (Å²) in [5, 5.41) is 12.9. The highest BCUT2D eigenvalue weighted by Crippen LogP contribution is 2.24. The van der Waals surface area contributed by atoms with Crippen molar-refractivity contribution < 1.29 is 5.11 Å². The average molecular weight is 346 g/mol. The predicted octanol–water partition coefficient (Wildman–Crippen LogP) is 4.58. The third-order valence-electron chi connectivity index (χ3n) is 4.13. The number of phenolic OH excluding ortho intramolecular Hbond substituents is 1. The van der Waals surface area contributed by atoms with Crippen LogP contribution in [0.2, 0.25) is 0 Å². The van der Waals surface area contributed by atoms with Gasteiger partial charge in [0.05, 0.1) is 0 Å². The van der Waals surface area contributed by atoms with Gasteiger partial charge in [-0.15, -0.1) is 0 Å². The van der Waals surface area contributed by atoms with Crippen molar-refractivity contribution in [2.24, 2.45) is 0 Å². The van der Waals surface area contributed by atoms with Gasteiger partial charge < -0.3 is 16.2 Å². The van der Waals surface area contributed by atoms with Gasteiger partial charge in [0.2, 0.25) is 0 Å². The largest absolute Gasteiger partial charge is 0.508 e. The number of aromatic nitrogens is 2. The van der Waals surface area contributed by atoms with Crippen molar-refractivity contribution in [1.29, 1.82) is 0 Å². The minimum atomic E-state index is 0.294. The molecule has 0 radical (unpaired) electrons. The van der Waals surface area contributed by atoms with E-state index in [0.717, 1.165) is 28.2 Å². The molecular weight excluding hydrogens is 324 g/mol. The van der Waals surface area contributed by atoms with E-state index in [2.05, 4.69) is 16.9 Å². The molecule has 26 heavy (non-hydrogen) atoms. The fourth-order valence-corrected chi connectivity index (χ4v) is 2.67. The molecule has 1 heterocycles. The van der Waals surface area contributed by atoms with E-state index in [1.807, 2.05) is 67.1 Å². The van der Waals surface area contributed by atoms with Crippen LogP contribution in [0, 0.1) is 6.92 Å². The summed E-state index contributed by atoms with van der Waals surface area (Å²) in [5.74, 6) is 1.73.